The lowest BCUT2D eigenvalue weighted by Gasteiger charge is -2.19. The molecule has 3 aromatic carbocycles. The molecule has 31 heavy (non-hydrogen) atoms. The van der Waals surface area contributed by atoms with Crippen molar-refractivity contribution < 1.29 is 9.53 Å². The summed E-state index contributed by atoms with van der Waals surface area (Å²) in [5, 5.41) is 3.83. The van der Waals surface area contributed by atoms with Crippen LogP contribution in [0.1, 0.15) is 26.3 Å². The van der Waals surface area contributed by atoms with Crippen LogP contribution >= 0.6 is 27.3 Å². The zero-order valence-corrected chi connectivity index (χ0v) is 20.0. The number of nitrogens with one attached hydrogen (secondary N) is 1. The minimum absolute atomic E-state index is 0.0653. The summed E-state index contributed by atoms with van der Waals surface area (Å²) >= 11 is 5.12. The Morgan fingerprint density at radius 1 is 1.06 bits per heavy atom. The lowest BCUT2D eigenvalue weighted by Crippen LogP contribution is -2.20. The van der Waals surface area contributed by atoms with E-state index in [-0.39, 0.29) is 17.9 Å². The molecule has 0 radical (unpaired) electrons. The maximum atomic E-state index is 12.6. The SMILES string of the molecule is CC(C)(C)c1ccc(OCC(=O)Nc2ccc(Br)cc2-c2nc3ccccc3s2)cc1. The predicted octanol–water partition coefficient (Wildman–Crippen LogP) is 7.04. The number of para-hydroxylation sites is 1. The molecular weight excluding hydrogens is 472 g/mol. The van der Waals surface area contributed by atoms with Crippen LogP contribution in [0.2, 0.25) is 0 Å². The lowest BCUT2D eigenvalue weighted by atomic mass is 9.87. The molecule has 0 bridgehead atoms. The first-order chi connectivity index (χ1) is 14.8. The quantitative estimate of drug-likeness (QED) is 0.323. The minimum atomic E-state index is -0.218. The van der Waals surface area contributed by atoms with Gasteiger partial charge >= 0.3 is 0 Å². The molecule has 0 fully saturated rings. The molecule has 4 aromatic rings. The number of thiazole rings is 1. The Kier molecular flexibility index (Phi) is 6.12. The van der Waals surface area contributed by atoms with Crippen molar-refractivity contribution in [1.82, 2.24) is 4.98 Å². The van der Waals surface area contributed by atoms with Gasteiger partial charge in [0.05, 0.1) is 15.9 Å². The number of benzene rings is 3. The molecule has 0 saturated heterocycles. The Labute approximate surface area is 194 Å². The molecule has 0 unspecified atom stereocenters. The second-order valence-corrected chi connectivity index (χ2v) is 10.2. The van der Waals surface area contributed by atoms with E-state index >= 15 is 0 Å². The number of hydrogen-bond donors (Lipinski definition) is 1. The number of anilines is 1. The van der Waals surface area contributed by atoms with Crippen LogP contribution in [0.15, 0.2) is 71.2 Å². The number of carbonyl (C=O) groups is 1. The van der Waals surface area contributed by atoms with E-state index in [1.54, 1.807) is 11.3 Å². The van der Waals surface area contributed by atoms with E-state index in [1.807, 2.05) is 66.7 Å². The van der Waals surface area contributed by atoms with E-state index in [0.29, 0.717) is 11.4 Å². The molecule has 0 aliphatic heterocycles. The van der Waals surface area contributed by atoms with Crippen molar-refractivity contribution in [2.45, 2.75) is 26.2 Å². The van der Waals surface area contributed by atoms with Gasteiger partial charge in [0, 0.05) is 10.0 Å². The molecule has 1 aromatic heterocycles. The number of halogens is 1. The van der Waals surface area contributed by atoms with Crippen LogP contribution in [0.4, 0.5) is 5.69 Å². The number of fused-ring (bicyclic) bond motifs is 1. The first kappa shape index (κ1) is 21.5. The lowest BCUT2D eigenvalue weighted by molar-refractivity contribution is -0.118. The molecule has 158 valence electrons. The third-order valence-corrected chi connectivity index (χ3v) is 6.43. The first-order valence-corrected chi connectivity index (χ1v) is 11.6. The molecular formula is C25H23BrN2O2S. The maximum Gasteiger partial charge on any atom is 0.262 e. The number of hydrogen-bond acceptors (Lipinski definition) is 4. The van der Waals surface area contributed by atoms with Crippen molar-refractivity contribution in [2.75, 3.05) is 11.9 Å². The van der Waals surface area contributed by atoms with Gasteiger partial charge in [-0.05, 0) is 53.4 Å². The molecule has 1 heterocycles. The van der Waals surface area contributed by atoms with Crippen molar-refractivity contribution >= 4 is 49.1 Å². The number of carbonyl (C=O) groups excluding carboxylic acids is 1. The smallest absolute Gasteiger partial charge is 0.262 e. The normalized spacial score (nSPS) is 11.5. The number of nitrogens with zero attached hydrogens (tertiary/aromatic N) is 1. The van der Waals surface area contributed by atoms with Crippen molar-refractivity contribution in [2.24, 2.45) is 0 Å². The molecule has 0 saturated carbocycles. The second kappa shape index (κ2) is 8.81. The van der Waals surface area contributed by atoms with Crippen LogP contribution in [0.3, 0.4) is 0 Å². The summed E-state index contributed by atoms with van der Waals surface area (Å²) in [6.07, 6.45) is 0. The van der Waals surface area contributed by atoms with Gasteiger partial charge in [-0.2, -0.15) is 0 Å². The van der Waals surface area contributed by atoms with Gasteiger partial charge < -0.3 is 10.1 Å². The number of rotatable bonds is 5. The summed E-state index contributed by atoms with van der Waals surface area (Å²) in [5.41, 5.74) is 3.83. The van der Waals surface area contributed by atoms with Gasteiger partial charge in [-0.1, -0.05) is 61.0 Å². The second-order valence-electron chi connectivity index (χ2n) is 8.29. The van der Waals surface area contributed by atoms with E-state index < -0.39 is 0 Å². The Bertz CT molecular complexity index is 1190. The van der Waals surface area contributed by atoms with Gasteiger partial charge in [-0.15, -0.1) is 11.3 Å². The summed E-state index contributed by atoms with van der Waals surface area (Å²) in [6.45, 7) is 6.43. The minimum Gasteiger partial charge on any atom is -0.484 e. The molecule has 0 atom stereocenters. The number of ether oxygens (including phenoxy) is 1. The van der Waals surface area contributed by atoms with E-state index in [4.69, 9.17) is 9.72 Å². The Morgan fingerprint density at radius 2 is 1.81 bits per heavy atom. The van der Waals surface area contributed by atoms with E-state index in [9.17, 15) is 4.79 Å². The molecule has 0 aliphatic carbocycles. The molecule has 6 heteroatoms. The number of aromatic nitrogens is 1. The Morgan fingerprint density at radius 3 is 2.52 bits per heavy atom. The van der Waals surface area contributed by atoms with Crippen LogP contribution in [-0.2, 0) is 10.2 Å². The highest BCUT2D eigenvalue weighted by Gasteiger charge is 2.15. The van der Waals surface area contributed by atoms with E-state index in [2.05, 4.69) is 42.0 Å². The van der Waals surface area contributed by atoms with Gasteiger partial charge in [-0.3, -0.25) is 4.79 Å². The molecule has 4 nitrogen and oxygen atoms in total. The van der Waals surface area contributed by atoms with E-state index in [1.165, 1.54) is 5.56 Å². The highest BCUT2D eigenvalue weighted by atomic mass is 79.9. The van der Waals surface area contributed by atoms with Crippen molar-refractivity contribution in [3.05, 3.63) is 76.8 Å². The first-order valence-electron chi connectivity index (χ1n) is 9.98. The standard InChI is InChI=1S/C25H23BrN2O2S/c1-25(2,3)16-8-11-18(12-9-16)30-15-23(29)27-20-13-10-17(26)14-19(20)24-28-21-6-4-5-7-22(21)31-24/h4-14H,15H2,1-3H3,(H,27,29). The average Bonchev–Trinajstić information content (AvgIpc) is 3.17. The monoisotopic (exact) mass is 494 g/mol. The molecule has 0 aliphatic rings. The fourth-order valence-corrected chi connectivity index (χ4v) is 4.53. The number of amides is 1. The van der Waals surface area contributed by atoms with Crippen molar-refractivity contribution in [3.63, 3.8) is 0 Å². The Balaban J connectivity index is 1.48. The van der Waals surface area contributed by atoms with Gasteiger partial charge in [0.25, 0.3) is 5.91 Å². The van der Waals surface area contributed by atoms with Crippen LogP contribution in [0, 0.1) is 0 Å². The fraction of sp³-hybridized carbons (Fsp3) is 0.200. The van der Waals surface area contributed by atoms with Gasteiger partial charge in [-0.25, -0.2) is 4.98 Å². The largest absolute Gasteiger partial charge is 0.484 e. The maximum absolute atomic E-state index is 12.6. The summed E-state index contributed by atoms with van der Waals surface area (Å²) in [5.74, 6) is 0.454. The van der Waals surface area contributed by atoms with Crippen molar-refractivity contribution in [3.8, 4) is 16.3 Å². The molecule has 4 rings (SSSR count). The topological polar surface area (TPSA) is 51.2 Å². The average molecular weight is 495 g/mol. The zero-order chi connectivity index (χ0) is 22.0. The van der Waals surface area contributed by atoms with Crippen molar-refractivity contribution in [1.29, 1.82) is 0 Å². The molecule has 0 spiro atoms. The van der Waals surface area contributed by atoms with Crippen LogP contribution in [0.5, 0.6) is 5.75 Å². The van der Waals surface area contributed by atoms with Crippen LogP contribution < -0.4 is 10.1 Å². The van der Waals surface area contributed by atoms with E-state index in [0.717, 1.165) is 25.3 Å². The highest BCUT2D eigenvalue weighted by molar-refractivity contribution is 9.10. The molecule has 1 N–H and O–H groups in total. The van der Waals surface area contributed by atoms with Crippen LogP contribution in [0.25, 0.3) is 20.8 Å². The predicted molar refractivity (Wildman–Crippen MR) is 132 cm³/mol. The summed E-state index contributed by atoms with van der Waals surface area (Å²) in [4.78, 5) is 17.3. The summed E-state index contributed by atoms with van der Waals surface area (Å²) < 4.78 is 7.72. The third kappa shape index (κ3) is 5.14. The van der Waals surface area contributed by atoms with Gasteiger partial charge in [0.1, 0.15) is 10.8 Å². The Hall–Kier alpha value is -2.70. The van der Waals surface area contributed by atoms with Gasteiger partial charge in [0.2, 0.25) is 0 Å². The fourth-order valence-electron chi connectivity index (χ4n) is 3.18. The zero-order valence-electron chi connectivity index (χ0n) is 17.6. The highest BCUT2D eigenvalue weighted by Crippen LogP contribution is 2.36. The van der Waals surface area contributed by atoms with Crippen LogP contribution in [-0.4, -0.2) is 17.5 Å². The van der Waals surface area contributed by atoms with Gasteiger partial charge in [0.15, 0.2) is 6.61 Å². The summed E-state index contributed by atoms with van der Waals surface area (Å²) in [6, 6.07) is 21.6. The summed E-state index contributed by atoms with van der Waals surface area (Å²) in [7, 11) is 0. The molecule has 1 amide bonds. The third-order valence-electron chi connectivity index (χ3n) is 4.87.